The van der Waals surface area contributed by atoms with Crippen molar-refractivity contribution in [3.63, 3.8) is 0 Å². The molecule has 1 heterocycles. The maximum atomic E-state index is 12.1. The van der Waals surface area contributed by atoms with Crippen molar-refractivity contribution in [3.8, 4) is 0 Å². The number of rotatable bonds is 4. The minimum Gasteiger partial charge on any atom is -0.357 e. The summed E-state index contributed by atoms with van der Waals surface area (Å²) in [6, 6.07) is 0. The van der Waals surface area contributed by atoms with Crippen molar-refractivity contribution >= 4 is 16.8 Å². The van der Waals surface area contributed by atoms with Gasteiger partial charge in [-0.3, -0.25) is 9.20 Å². The fourth-order valence-electron chi connectivity index (χ4n) is 3.55. The molecule has 2 rings (SSSR count). The third kappa shape index (κ3) is 4.71. The Morgan fingerprint density at radius 3 is 2.32 bits per heavy atom. The fraction of sp³-hybridized carbons (Fsp3) is 0.941. The fourth-order valence-corrected chi connectivity index (χ4v) is 4.41. The average Bonchev–Trinajstić information content (AvgIpc) is 2.88. The molecule has 0 spiro atoms. The van der Waals surface area contributed by atoms with Crippen molar-refractivity contribution in [1.82, 2.24) is 10.2 Å². The Morgan fingerprint density at radius 1 is 1.23 bits per heavy atom. The van der Waals surface area contributed by atoms with Crippen LogP contribution in [0.3, 0.4) is 0 Å². The second kappa shape index (κ2) is 7.80. The van der Waals surface area contributed by atoms with Crippen LogP contribution in [0.2, 0.25) is 0 Å². The van der Waals surface area contributed by atoms with E-state index in [-0.39, 0.29) is 4.75 Å². The van der Waals surface area contributed by atoms with Gasteiger partial charge in [0.25, 0.3) is 0 Å². The minimum atomic E-state index is -0.820. The number of likely N-dealkylation sites (tertiary alicyclic amines) is 1. The number of hydrogen-bond donors (Lipinski definition) is 1. The maximum Gasteiger partial charge on any atom is 0.193 e. The number of nitrogens with one attached hydrogen (secondary N) is 1. The largest absolute Gasteiger partial charge is 0.357 e. The van der Waals surface area contributed by atoms with Crippen LogP contribution < -0.4 is 5.32 Å². The Bertz CT molecular complexity index is 403. The number of aliphatic imine (C=N–C) groups is 1. The van der Waals surface area contributed by atoms with Crippen LogP contribution in [0, 0.1) is 11.8 Å². The Labute approximate surface area is 138 Å². The van der Waals surface area contributed by atoms with Crippen molar-refractivity contribution in [2.45, 2.75) is 58.1 Å². The molecule has 1 aliphatic carbocycles. The molecular formula is C17H33N3OS. The molecule has 2 aliphatic rings. The SMILES string of the molecule is CCNC(=NCCS(=O)C(C)(C)C)N1CC2CCCCC2C1. The van der Waals surface area contributed by atoms with Crippen LogP contribution in [0.4, 0.5) is 0 Å². The highest BCUT2D eigenvalue weighted by atomic mass is 32.2. The van der Waals surface area contributed by atoms with Crippen LogP contribution in [0.1, 0.15) is 53.4 Å². The quantitative estimate of drug-likeness (QED) is 0.638. The van der Waals surface area contributed by atoms with Crippen LogP contribution in [-0.2, 0) is 10.8 Å². The molecule has 0 aromatic carbocycles. The van der Waals surface area contributed by atoms with E-state index in [1.165, 1.54) is 25.7 Å². The Hall–Kier alpha value is -0.580. The standard InChI is InChI=1S/C17H33N3OS/c1-5-18-16(19-10-11-22(21)17(2,3)4)20-12-14-8-6-7-9-15(14)13-20/h14-15H,5-13H2,1-4H3,(H,18,19). The van der Waals surface area contributed by atoms with E-state index in [2.05, 4.69) is 17.1 Å². The van der Waals surface area contributed by atoms with E-state index in [9.17, 15) is 4.21 Å². The third-order valence-electron chi connectivity index (χ3n) is 4.83. The van der Waals surface area contributed by atoms with Crippen LogP contribution in [0.15, 0.2) is 4.99 Å². The Morgan fingerprint density at radius 2 is 1.82 bits per heavy atom. The van der Waals surface area contributed by atoms with Gasteiger partial charge in [-0.25, -0.2) is 0 Å². The van der Waals surface area contributed by atoms with E-state index in [1.807, 2.05) is 20.8 Å². The van der Waals surface area contributed by atoms with Gasteiger partial charge >= 0.3 is 0 Å². The molecule has 0 bridgehead atoms. The molecule has 128 valence electrons. The molecular weight excluding hydrogens is 294 g/mol. The van der Waals surface area contributed by atoms with Gasteiger partial charge in [0.2, 0.25) is 0 Å². The molecule has 1 N–H and O–H groups in total. The second-order valence-electron chi connectivity index (χ2n) is 7.61. The predicted molar refractivity (Wildman–Crippen MR) is 95.8 cm³/mol. The lowest BCUT2D eigenvalue weighted by Crippen LogP contribution is -2.40. The van der Waals surface area contributed by atoms with Gasteiger partial charge in [-0.05, 0) is 52.4 Å². The van der Waals surface area contributed by atoms with Crippen LogP contribution in [0.25, 0.3) is 0 Å². The number of hydrogen-bond acceptors (Lipinski definition) is 2. The van der Waals surface area contributed by atoms with E-state index >= 15 is 0 Å². The summed E-state index contributed by atoms with van der Waals surface area (Å²) >= 11 is 0. The van der Waals surface area contributed by atoms with Gasteiger partial charge in [-0.2, -0.15) is 0 Å². The normalized spacial score (nSPS) is 27.6. The van der Waals surface area contributed by atoms with Gasteiger partial charge < -0.3 is 10.2 Å². The zero-order valence-electron chi connectivity index (χ0n) is 14.7. The van der Waals surface area contributed by atoms with Crippen molar-refractivity contribution in [3.05, 3.63) is 0 Å². The average molecular weight is 328 g/mol. The highest BCUT2D eigenvalue weighted by Gasteiger charge is 2.35. The summed E-state index contributed by atoms with van der Waals surface area (Å²) in [4.78, 5) is 7.18. The highest BCUT2D eigenvalue weighted by Crippen LogP contribution is 2.35. The molecule has 1 saturated carbocycles. The first-order valence-electron chi connectivity index (χ1n) is 8.83. The lowest BCUT2D eigenvalue weighted by molar-refractivity contribution is 0.299. The van der Waals surface area contributed by atoms with Gasteiger partial charge in [0.15, 0.2) is 5.96 Å². The number of nitrogens with zero attached hydrogens (tertiary/aromatic N) is 2. The van der Waals surface area contributed by atoms with Gasteiger partial charge in [0.1, 0.15) is 0 Å². The molecule has 0 amide bonds. The zero-order chi connectivity index (χ0) is 16.2. The first-order valence-corrected chi connectivity index (χ1v) is 10.2. The molecule has 3 unspecified atom stereocenters. The molecule has 4 nitrogen and oxygen atoms in total. The maximum absolute atomic E-state index is 12.1. The zero-order valence-corrected chi connectivity index (χ0v) is 15.5. The van der Waals surface area contributed by atoms with Gasteiger partial charge in [0, 0.05) is 40.9 Å². The highest BCUT2D eigenvalue weighted by molar-refractivity contribution is 7.86. The molecule has 1 saturated heterocycles. The Balaban J connectivity index is 1.92. The van der Waals surface area contributed by atoms with Gasteiger partial charge in [-0.15, -0.1) is 0 Å². The molecule has 0 radical (unpaired) electrons. The van der Waals surface area contributed by atoms with Crippen LogP contribution in [0.5, 0.6) is 0 Å². The lowest BCUT2D eigenvalue weighted by Gasteiger charge is -2.22. The van der Waals surface area contributed by atoms with E-state index in [0.717, 1.165) is 37.4 Å². The van der Waals surface area contributed by atoms with Crippen LogP contribution >= 0.6 is 0 Å². The number of guanidine groups is 1. The van der Waals surface area contributed by atoms with E-state index in [1.54, 1.807) is 0 Å². The summed E-state index contributed by atoms with van der Waals surface area (Å²) in [5.41, 5.74) is 0. The predicted octanol–water partition coefficient (Wildman–Crippen LogP) is 2.62. The van der Waals surface area contributed by atoms with Crippen molar-refractivity contribution in [2.75, 3.05) is 31.9 Å². The Kier molecular flexibility index (Phi) is 6.30. The summed E-state index contributed by atoms with van der Waals surface area (Å²) in [5.74, 6) is 3.41. The number of fused-ring (bicyclic) bond motifs is 1. The summed E-state index contributed by atoms with van der Waals surface area (Å²) < 4.78 is 12.0. The third-order valence-corrected chi connectivity index (χ3v) is 6.75. The van der Waals surface area contributed by atoms with Crippen molar-refractivity contribution in [1.29, 1.82) is 0 Å². The van der Waals surface area contributed by atoms with Gasteiger partial charge in [0.05, 0.1) is 6.54 Å². The van der Waals surface area contributed by atoms with Crippen molar-refractivity contribution in [2.24, 2.45) is 16.8 Å². The summed E-state index contributed by atoms with van der Waals surface area (Å²) in [6.45, 7) is 12.1. The van der Waals surface area contributed by atoms with E-state index in [4.69, 9.17) is 4.99 Å². The monoisotopic (exact) mass is 327 g/mol. The topological polar surface area (TPSA) is 44.7 Å². The molecule has 2 fully saturated rings. The summed E-state index contributed by atoms with van der Waals surface area (Å²) in [7, 11) is -0.820. The summed E-state index contributed by atoms with van der Waals surface area (Å²) in [6.07, 6.45) is 5.56. The molecule has 5 heteroatoms. The molecule has 3 atom stereocenters. The van der Waals surface area contributed by atoms with E-state index < -0.39 is 10.8 Å². The first-order chi connectivity index (χ1) is 10.4. The minimum absolute atomic E-state index is 0.142. The summed E-state index contributed by atoms with van der Waals surface area (Å²) in [5, 5.41) is 3.42. The van der Waals surface area contributed by atoms with Crippen LogP contribution in [-0.4, -0.2) is 51.7 Å². The molecule has 0 aromatic heterocycles. The van der Waals surface area contributed by atoms with E-state index in [0.29, 0.717) is 12.3 Å². The smallest absolute Gasteiger partial charge is 0.193 e. The molecule has 22 heavy (non-hydrogen) atoms. The lowest BCUT2D eigenvalue weighted by atomic mass is 9.82. The van der Waals surface area contributed by atoms with Crippen molar-refractivity contribution < 1.29 is 4.21 Å². The first kappa shape index (κ1) is 17.8. The second-order valence-corrected chi connectivity index (χ2v) is 9.93. The van der Waals surface area contributed by atoms with Gasteiger partial charge in [-0.1, -0.05) is 12.8 Å². The molecule has 1 aliphatic heterocycles. The molecule has 0 aromatic rings.